The molecule has 0 saturated heterocycles. The van der Waals surface area contributed by atoms with Crippen molar-refractivity contribution in [2.24, 2.45) is 5.92 Å². The standard InChI is InChI=1S/C19H23NO/c1-14(2)13-21-19-10-6-5-9-18(19)20-17-12-11-15-7-3-4-8-16(15)17/h3-10,14,17,20H,11-13H2,1-2H3. The van der Waals surface area contributed by atoms with E-state index in [0.29, 0.717) is 12.0 Å². The fourth-order valence-electron chi connectivity index (χ4n) is 2.86. The van der Waals surface area contributed by atoms with Gasteiger partial charge in [0, 0.05) is 0 Å². The summed E-state index contributed by atoms with van der Waals surface area (Å²) in [6.45, 7) is 5.09. The predicted octanol–water partition coefficient (Wildman–Crippen LogP) is 4.82. The highest BCUT2D eigenvalue weighted by atomic mass is 16.5. The van der Waals surface area contributed by atoms with Crippen LogP contribution < -0.4 is 10.1 Å². The number of nitrogens with one attached hydrogen (secondary N) is 1. The molecule has 2 aromatic carbocycles. The summed E-state index contributed by atoms with van der Waals surface area (Å²) in [5.41, 5.74) is 3.99. The van der Waals surface area contributed by atoms with Gasteiger partial charge in [-0.3, -0.25) is 0 Å². The number of hydrogen-bond donors (Lipinski definition) is 1. The average Bonchev–Trinajstić information content (AvgIpc) is 2.90. The zero-order valence-electron chi connectivity index (χ0n) is 12.8. The maximum atomic E-state index is 5.93. The first-order chi connectivity index (χ1) is 10.2. The van der Waals surface area contributed by atoms with Crippen molar-refractivity contribution < 1.29 is 4.74 Å². The molecule has 21 heavy (non-hydrogen) atoms. The van der Waals surface area contributed by atoms with Gasteiger partial charge in [-0.2, -0.15) is 0 Å². The van der Waals surface area contributed by atoms with Crippen LogP contribution in [0.4, 0.5) is 5.69 Å². The van der Waals surface area contributed by atoms with Gasteiger partial charge in [-0.25, -0.2) is 0 Å². The molecule has 1 aliphatic carbocycles. The Morgan fingerprint density at radius 1 is 1.10 bits per heavy atom. The minimum Gasteiger partial charge on any atom is -0.491 e. The summed E-state index contributed by atoms with van der Waals surface area (Å²) in [5, 5.41) is 3.66. The highest BCUT2D eigenvalue weighted by Crippen LogP contribution is 2.36. The van der Waals surface area contributed by atoms with Crippen molar-refractivity contribution in [1.82, 2.24) is 0 Å². The molecule has 1 N–H and O–H groups in total. The molecule has 0 aliphatic heterocycles. The normalized spacial score (nSPS) is 16.8. The zero-order valence-corrected chi connectivity index (χ0v) is 12.8. The lowest BCUT2D eigenvalue weighted by Crippen LogP contribution is -2.10. The molecule has 2 heteroatoms. The van der Waals surface area contributed by atoms with Crippen LogP contribution in [0.2, 0.25) is 0 Å². The van der Waals surface area contributed by atoms with E-state index in [1.165, 1.54) is 11.1 Å². The monoisotopic (exact) mass is 281 g/mol. The van der Waals surface area contributed by atoms with E-state index in [4.69, 9.17) is 4.74 Å². The lowest BCUT2D eigenvalue weighted by Gasteiger charge is -2.19. The highest BCUT2D eigenvalue weighted by Gasteiger charge is 2.22. The van der Waals surface area contributed by atoms with Gasteiger partial charge in [0.05, 0.1) is 18.3 Å². The maximum Gasteiger partial charge on any atom is 0.142 e. The van der Waals surface area contributed by atoms with Gasteiger partial charge in [-0.15, -0.1) is 0 Å². The Bertz CT molecular complexity index is 606. The zero-order chi connectivity index (χ0) is 14.7. The molecule has 0 fully saturated rings. The molecule has 1 atom stereocenters. The number of anilines is 1. The van der Waals surface area contributed by atoms with Crippen LogP contribution >= 0.6 is 0 Å². The molecule has 0 radical (unpaired) electrons. The quantitative estimate of drug-likeness (QED) is 0.848. The Kier molecular flexibility index (Phi) is 4.14. The van der Waals surface area contributed by atoms with Crippen LogP contribution in [0.15, 0.2) is 48.5 Å². The first kappa shape index (κ1) is 14.0. The van der Waals surface area contributed by atoms with Crippen LogP contribution in [0.25, 0.3) is 0 Å². The summed E-state index contributed by atoms with van der Waals surface area (Å²) in [4.78, 5) is 0. The molecule has 0 aromatic heterocycles. The number of ether oxygens (including phenoxy) is 1. The van der Waals surface area contributed by atoms with Gasteiger partial charge in [-0.05, 0) is 42.0 Å². The van der Waals surface area contributed by atoms with Gasteiger partial charge in [0.2, 0.25) is 0 Å². The maximum absolute atomic E-state index is 5.93. The number of para-hydroxylation sites is 2. The topological polar surface area (TPSA) is 21.3 Å². The van der Waals surface area contributed by atoms with Crippen LogP contribution in [0.5, 0.6) is 5.75 Å². The van der Waals surface area contributed by atoms with Crippen molar-refractivity contribution in [3.05, 3.63) is 59.7 Å². The lowest BCUT2D eigenvalue weighted by atomic mass is 10.1. The van der Waals surface area contributed by atoms with Gasteiger partial charge in [0.25, 0.3) is 0 Å². The van der Waals surface area contributed by atoms with Crippen molar-refractivity contribution in [3.63, 3.8) is 0 Å². The van der Waals surface area contributed by atoms with E-state index >= 15 is 0 Å². The molecular formula is C19H23NO. The molecule has 1 aliphatic rings. The van der Waals surface area contributed by atoms with Crippen LogP contribution in [0, 0.1) is 5.92 Å². The van der Waals surface area contributed by atoms with Crippen LogP contribution in [-0.4, -0.2) is 6.61 Å². The van der Waals surface area contributed by atoms with Crippen molar-refractivity contribution in [3.8, 4) is 5.75 Å². The number of fused-ring (bicyclic) bond motifs is 1. The smallest absolute Gasteiger partial charge is 0.142 e. The fraction of sp³-hybridized carbons (Fsp3) is 0.368. The Morgan fingerprint density at radius 3 is 2.71 bits per heavy atom. The third-order valence-corrected chi connectivity index (χ3v) is 3.92. The second kappa shape index (κ2) is 6.21. The first-order valence-electron chi connectivity index (χ1n) is 7.80. The highest BCUT2D eigenvalue weighted by molar-refractivity contribution is 5.58. The Morgan fingerprint density at radius 2 is 1.86 bits per heavy atom. The molecule has 1 unspecified atom stereocenters. The predicted molar refractivity (Wildman–Crippen MR) is 87.9 cm³/mol. The summed E-state index contributed by atoms with van der Waals surface area (Å²) in [6, 6.07) is 17.4. The molecular weight excluding hydrogens is 258 g/mol. The third kappa shape index (κ3) is 3.21. The Labute approximate surface area is 127 Å². The van der Waals surface area contributed by atoms with E-state index in [-0.39, 0.29) is 0 Å². The summed E-state index contributed by atoms with van der Waals surface area (Å²) in [7, 11) is 0. The van der Waals surface area contributed by atoms with Gasteiger partial charge in [0.1, 0.15) is 5.75 Å². The van der Waals surface area contributed by atoms with Gasteiger partial charge < -0.3 is 10.1 Å². The van der Waals surface area contributed by atoms with Crippen LogP contribution in [0.3, 0.4) is 0 Å². The third-order valence-electron chi connectivity index (χ3n) is 3.92. The summed E-state index contributed by atoms with van der Waals surface area (Å²) in [5.74, 6) is 1.49. The number of hydrogen-bond acceptors (Lipinski definition) is 2. The summed E-state index contributed by atoms with van der Waals surface area (Å²) < 4.78 is 5.93. The molecule has 110 valence electrons. The molecule has 0 amide bonds. The van der Waals surface area contributed by atoms with E-state index in [0.717, 1.165) is 30.9 Å². The van der Waals surface area contributed by atoms with E-state index in [9.17, 15) is 0 Å². The van der Waals surface area contributed by atoms with Gasteiger partial charge in [-0.1, -0.05) is 50.2 Å². The minimum atomic E-state index is 0.394. The van der Waals surface area contributed by atoms with E-state index in [1.54, 1.807) is 0 Å². The minimum absolute atomic E-state index is 0.394. The van der Waals surface area contributed by atoms with E-state index in [1.807, 2.05) is 12.1 Å². The van der Waals surface area contributed by atoms with E-state index in [2.05, 4.69) is 55.6 Å². The van der Waals surface area contributed by atoms with Crippen LogP contribution in [0.1, 0.15) is 37.4 Å². The van der Waals surface area contributed by atoms with Gasteiger partial charge in [0.15, 0.2) is 0 Å². The lowest BCUT2D eigenvalue weighted by molar-refractivity contribution is 0.272. The molecule has 2 nitrogen and oxygen atoms in total. The second-order valence-electron chi connectivity index (χ2n) is 6.14. The van der Waals surface area contributed by atoms with Crippen LogP contribution in [-0.2, 0) is 6.42 Å². The molecule has 0 spiro atoms. The summed E-state index contributed by atoms with van der Waals surface area (Å²) in [6.07, 6.45) is 2.31. The van der Waals surface area contributed by atoms with Gasteiger partial charge >= 0.3 is 0 Å². The Balaban J connectivity index is 1.77. The first-order valence-corrected chi connectivity index (χ1v) is 7.80. The molecule has 0 heterocycles. The number of aryl methyl sites for hydroxylation is 1. The van der Waals surface area contributed by atoms with Crippen molar-refractivity contribution in [2.45, 2.75) is 32.7 Å². The van der Waals surface area contributed by atoms with E-state index < -0.39 is 0 Å². The average molecular weight is 281 g/mol. The second-order valence-corrected chi connectivity index (χ2v) is 6.14. The van der Waals surface area contributed by atoms with Crippen molar-refractivity contribution in [2.75, 3.05) is 11.9 Å². The number of benzene rings is 2. The molecule has 0 saturated carbocycles. The number of rotatable bonds is 5. The molecule has 0 bridgehead atoms. The molecule has 3 rings (SSSR count). The Hall–Kier alpha value is -1.96. The summed E-state index contributed by atoms with van der Waals surface area (Å²) >= 11 is 0. The SMILES string of the molecule is CC(C)COc1ccccc1NC1CCc2ccccc21. The molecule has 2 aromatic rings. The van der Waals surface area contributed by atoms with Crippen molar-refractivity contribution in [1.29, 1.82) is 0 Å². The fourth-order valence-corrected chi connectivity index (χ4v) is 2.86. The largest absolute Gasteiger partial charge is 0.491 e. The van der Waals surface area contributed by atoms with Crippen molar-refractivity contribution >= 4 is 5.69 Å².